The number of hydrogen-bond acceptors (Lipinski definition) is 2. The Kier molecular flexibility index (Phi) is 7.50. The molecule has 0 saturated heterocycles. The quantitative estimate of drug-likeness (QED) is 0.613. The summed E-state index contributed by atoms with van der Waals surface area (Å²) in [6, 6.07) is 15.9. The smallest absolute Gasteiger partial charge is 0.319 e. The Morgan fingerprint density at radius 2 is 1.48 bits per heavy atom. The van der Waals surface area contributed by atoms with Crippen molar-refractivity contribution in [2.45, 2.75) is 32.6 Å². The number of amides is 3. The van der Waals surface area contributed by atoms with Crippen LogP contribution >= 0.6 is 0 Å². The van der Waals surface area contributed by atoms with Crippen LogP contribution in [-0.2, 0) is 0 Å². The van der Waals surface area contributed by atoms with Gasteiger partial charge in [0.25, 0.3) is 5.91 Å². The summed E-state index contributed by atoms with van der Waals surface area (Å²) in [4.78, 5) is 24.0. The highest BCUT2D eigenvalue weighted by atomic mass is 16.2. The third kappa shape index (κ3) is 6.67. The van der Waals surface area contributed by atoms with Crippen LogP contribution in [0.1, 0.15) is 43.0 Å². The Bertz CT molecular complexity index is 669. The molecule has 0 aliphatic heterocycles. The van der Waals surface area contributed by atoms with E-state index in [1.807, 2.05) is 30.3 Å². The largest absolute Gasteiger partial charge is 0.338 e. The van der Waals surface area contributed by atoms with Crippen LogP contribution in [0.4, 0.5) is 16.2 Å². The maximum Gasteiger partial charge on any atom is 0.319 e. The molecule has 3 amide bonds. The first-order valence-electron chi connectivity index (χ1n) is 8.70. The van der Waals surface area contributed by atoms with Gasteiger partial charge in [0.1, 0.15) is 0 Å². The third-order valence-corrected chi connectivity index (χ3v) is 3.75. The molecular weight excluding hydrogens is 314 g/mol. The highest BCUT2D eigenvalue weighted by molar-refractivity contribution is 6.04. The third-order valence-electron chi connectivity index (χ3n) is 3.75. The van der Waals surface area contributed by atoms with E-state index in [0.717, 1.165) is 18.5 Å². The lowest BCUT2D eigenvalue weighted by Crippen LogP contribution is -2.29. The van der Waals surface area contributed by atoms with Crippen molar-refractivity contribution in [2.24, 2.45) is 0 Å². The second-order valence-electron chi connectivity index (χ2n) is 5.84. The van der Waals surface area contributed by atoms with Crippen molar-refractivity contribution in [1.29, 1.82) is 0 Å². The topological polar surface area (TPSA) is 70.2 Å². The van der Waals surface area contributed by atoms with Gasteiger partial charge in [-0.1, -0.05) is 44.4 Å². The van der Waals surface area contributed by atoms with Crippen LogP contribution in [0.15, 0.2) is 54.6 Å². The maximum absolute atomic E-state index is 12.2. The monoisotopic (exact) mass is 339 g/mol. The second-order valence-corrected chi connectivity index (χ2v) is 5.84. The van der Waals surface area contributed by atoms with Gasteiger partial charge in [0.05, 0.1) is 0 Å². The molecule has 5 heteroatoms. The number of carbonyl (C=O) groups is 2. The molecular formula is C20H25N3O2. The van der Waals surface area contributed by atoms with Crippen LogP contribution in [0.2, 0.25) is 0 Å². The fraction of sp³-hybridized carbons (Fsp3) is 0.300. The zero-order valence-corrected chi connectivity index (χ0v) is 14.5. The molecule has 0 aliphatic carbocycles. The molecule has 25 heavy (non-hydrogen) atoms. The van der Waals surface area contributed by atoms with Crippen LogP contribution < -0.4 is 16.0 Å². The first kappa shape index (κ1) is 18.5. The molecule has 2 rings (SSSR count). The second kappa shape index (κ2) is 10.1. The predicted molar refractivity (Wildman–Crippen MR) is 102 cm³/mol. The molecule has 0 heterocycles. The van der Waals surface area contributed by atoms with E-state index in [0.29, 0.717) is 17.8 Å². The van der Waals surface area contributed by atoms with Crippen LogP contribution in [-0.4, -0.2) is 18.5 Å². The first-order valence-corrected chi connectivity index (χ1v) is 8.70. The summed E-state index contributed by atoms with van der Waals surface area (Å²) in [5.41, 5.74) is 1.94. The highest BCUT2D eigenvalue weighted by Crippen LogP contribution is 2.12. The van der Waals surface area contributed by atoms with Crippen molar-refractivity contribution in [3.8, 4) is 0 Å². The average molecular weight is 339 g/mol. The van der Waals surface area contributed by atoms with E-state index in [2.05, 4.69) is 22.9 Å². The summed E-state index contributed by atoms with van der Waals surface area (Å²) in [5.74, 6) is -0.182. The van der Waals surface area contributed by atoms with E-state index in [1.54, 1.807) is 24.3 Å². The average Bonchev–Trinajstić information content (AvgIpc) is 2.63. The highest BCUT2D eigenvalue weighted by Gasteiger charge is 2.07. The van der Waals surface area contributed by atoms with E-state index in [-0.39, 0.29) is 11.9 Å². The Labute approximate surface area is 148 Å². The fourth-order valence-corrected chi connectivity index (χ4v) is 2.36. The number of rotatable bonds is 8. The summed E-state index contributed by atoms with van der Waals surface area (Å²) in [6.07, 6.45) is 4.48. The van der Waals surface area contributed by atoms with E-state index in [1.165, 1.54) is 12.8 Å². The van der Waals surface area contributed by atoms with Gasteiger partial charge in [0.15, 0.2) is 0 Å². The lowest BCUT2D eigenvalue weighted by molar-refractivity contribution is 0.102. The van der Waals surface area contributed by atoms with Gasteiger partial charge in [-0.3, -0.25) is 4.79 Å². The molecule has 0 spiro atoms. The number of para-hydroxylation sites is 1. The van der Waals surface area contributed by atoms with Gasteiger partial charge in [-0.05, 0) is 42.8 Å². The van der Waals surface area contributed by atoms with Gasteiger partial charge in [0, 0.05) is 23.5 Å². The van der Waals surface area contributed by atoms with Crippen molar-refractivity contribution < 1.29 is 9.59 Å². The SMILES string of the molecule is CCCCCCNC(=O)Nc1ccc(C(=O)Nc2ccccc2)cc1. The summed E-state index contributed by atoms with van der Waals surface area (Å²) < 4.78 is 0. The maximum atomic E-state index is 12.2. The van der Waals surface area contributed by atoms with Crippen LogP contribution in [0, 0.1) is 0 Å². The number of nitrogens with one attached hydrogen (secondary N) is 3. The van der Waals surface area contributed by atoms with Gasteiger partial charge < -0.3 is 16.0 Å². The zero-order chi connectivity index (χ0) is 17.9. The van der Waals surface area contributed by atoms with Crippen LogP contribution in [0.3, 0.4) is 0 Å². The van der Waals surface area contributed by atoms with Gasteiger partial charge in [-0.25, -0.2) is 4.79 Å². The Morgan fingerprint density at radius 3 is 2.16 bits per heavy atom. The van der Waals surface area contributed by atoms with Crippen LogP contribution in [0.25, 0.3) is 0 Å². The molecule has 0 aromatic heterocycles. The molecule has 0 aliphatic rings. The molecule has 0 unspecified atom stereocenters. The summed E-state index contributed by atoms with van der Waals surface area (Å²) >= 11 is 0. The van der Waals surface area contributed by atoms with Gasteiger partial charge in [0.2, 0.25) is 0 Å². The van der Waals surface area contributed by atoms with Gasteiger partial charge in [-0.2, -0.15) is 0 Å². The summed E-state index contributed by atoms with van der Waals surface area (Å²) in [6.45, 7) is 2.83. The Morgan fingerprint density at radius 1 is 0.800 bits per heavy atom. The normalized spacial score (nSPS) is 10.1. The zero-order valence-electron chi connectivity index (χ0n) is 14.5. The van der Waals surface area contributed by atoms with E-state index < -0.39 is 0 Å². The number of benzene rings is 2. The Hall–Kier alpha value is -2.82. The van der Waals surface area contributed by atoms with Crippen molar-refractivity contribution in [2.75, 3.05) is 17.2 Å². The minimum absolute atomic E-state index is 0.182. The van der Waals surface area contributed by atoms with Gasteiger partial charge >= 0.3 is 6.03 Å². The van der Waals surface area contributed by atoms with Gasteiger partial charge in [-0.15, -0.1) is 0 Å². The lowest BCUT2D eigenvalue weighted by atomic mass is 10.2. The minimum atomic E-state index is -0.224. The van der Waals surface area contributed by atoms with Crippen molar-refractivity contribution in [1.82, 2.24) is 5.32 Å². The number of unbranched alkanes of at least 4 members (excludes halogenated alkanes) is 3. The Balaban J connectivity index is 1.79. The number of carbonyl (C=O) groups excluding carboxylic acids is 2. The van der Waals surface area contributed by atoms with E-state index in [4.69, 9.17) is 0 Å². The molecule has 0 bridgehead atoms. The first-order chi connectivity index (χ1) is 12.2. The molecule has 5 nitrogen and oxygen atoms in total. The lowest BCUT2D eigenvalue weighted by Gasteiger charge is -2.09. The molecule has 2 aromatic rings. The molecule has 0 atom stereocenters. The van der Waals surface area contributed by atoms with E-state index >= 15 is 0 Å². The number of anilines is 2. The van der Waals surface area contributed by atoms with E-state index in [9.17, 15) is 9.59 Å². The molecule has 3 N–H and O–H groups in total. The number of hydrogen-bond donors (Lipinski definition) is 3. The molecule has 0 saturated carbocycles. The van der Waals surface area contributed by atoms with Crippen molar-refractivity contribution >= 4 is 23.3 Å². The standard InChI is InChI=1S/C20H25N3O2/c1-2-3-4-8-15-21-20(25)23-18-13-11-16(12-14-18)19(24)22-17-9-6-5-7-10-17/h5-7,9-14H,2-4,8,15H2,1H3,(H,22,24)(H2,21,23,25). The van der Waals surface area contributed by atoms with Crippen molar-refractivity contribution in [3.63, 3.8) is 0 Å². The molecule has 0 radical (unpaired) electrons. The number of urea groups is 1. The molecule has 2 aromatic carbocycles. The molecule has 0 fully saturated rings. The summed E-state index contributed by atoms with van der Waals surface area (Å²) in [5, 5.41) is 8.42. The summed E-state index contributed by atoms with van der Waals surface area (Å²) in [7, 11) is 0. The van der Waals surface area contributed by atoms with Crippen molar-refractivity contribution in [3.05, 3.63) is 60.2 Å². The predicted octanol–water partition coefficient (Wildman–Crippen LogP) is 4.64. The van der Waals surface area contributed by atoms with Crippen LogP contribution in [0.5, 0.6) is 0 Å². The fourth-order valence-electron chi connectivity index (χ4n) is 2.36. The molecule has 132 valence electrons. The minimum Gasteiger partial charge on any atom is -0.338 e.